The number of aromatic nitrogens is 2. The van der Waals surface area contributed by atoms with Crippen molar-refractivity contribution in [1.29, 1.82) is 0 Å². The van der Waals surface area contributed by atoms with Gasteiger partial charge in [0.25, 0.3) is 5.91 Å². The summed E-state index contributed by atoms with van der Waals surface area (Å²) < 4.78 is 6.52. The van der Waals surface area contributed by atoms with Gasteiger partial charge < -0.3 is 4.74 Å². The number of benzene rings is 2. The van der Waals surface area contributed by atoms with Gasteiger partial charge in [-0.1, -0.05) is 29.5 Å². The Morgan fingerprint density at radius 1 is 1.04 bits per heavy atom. The first-order valence-corrected chi connectivity index (χ1v) is 9.86. The van der Waals surface area contributed by atoms with Crippen molar-refractivity contribution in [3.63, 3.8) is 0 Å². The van der Waals surface area contributed by atoms with Crippen molar-refractivity contribution in [2.75, 3.05) is 11.5 Å². The van der Waals surface area contributed by atoms with Crippen LogP contribution in [0.25, 0.3) is 10.2 Å². The fraction of sp³-hybridized carbons (Fsp3) is 0.136. The maximum Gasteiger partial charge on any atom is 0.260 e. The highest BCUT2D eigenvalue weighted by Gasteiger charge is 2.22. The van der Waals surface area contributed by atoms with Gasteiger partial charge in [-0.2, -0.15) is 0 Å². The van der Waals surface area contributed by atoms with E-state index in [1.165, 1.54) is 11.3 Å². The zero-order valence-electron chi connectivity index (χ0n) is 15.4. The number of rotatable bonds is 6. The first-order chi connectivity index (χ1) is 13.7. The van der Waals surface area contributed by atoms with Gasteiger partial charge in [-0.05, 0) is 55.5 Å². The van der Waals surface area contributed by atoms with Gasteiger partial charge in [0.15, 0.2) is 5.13 Å². The summed E-state index contributed by atoms with van der Waals surface area (Å²) >= 11 is 1.50. The molecule has 0 saturated carbocycles. The van der Waals surface area contributed by atoms with Crippen LogP contribution in [0.4, 0.5) is 5.13 Å². The molecule has 0 atom stereocenters. The van der Waals surface area contributed by atoms with E-state index >= 15 is 0 Å². The molecule has 0 aliphatic heterocycles. The Morgan fingerprint density at radius 3 is 2.54 bits per heavy atom. The number of ether oxygens (including phenoxy) is 1. The van der Waals surface area contributed by atoms with E-state index in [0.717, 1.165) is 21.7 Å². The molecule has 0 aliphatic carbocycles. The van der Waals surface area contributed by atoms with Gasteiger partial charge in [0.2, 0.25) is 0 Å². The van der Waals surface area contributed by atoms with E-state index in [0.29, 0.717) is 23.8 Å². The summed E-state index contributed by atoms with van der Waals surface area (Å²) in [5.74, 6) is 0.628. The monoisotopic (exact) mass is 389 g/mol. The first-order valence-electron chi connectivity index (χ1n) is 9.05. The molecule has 0 N–H and O–H groups in total. The first kappa shape index (κ1) is 18.1. The van der Waals surface area contributed by atoms with Gasteiger partial charge in [0, 0.05) is 11.8 Å². The maximum absolute atomic E-state index is 13.3. The van der Waals surface area contributed by atoms with Crippen molar-refractivity contribution in [1.82, 2.24) is 9.97 Å². The van der Waals surface area contributed by atoms with E-state index < -0.39 is 0 Å². The van der Waals surface area contributed by atoms with Crippen LogP contribution in [0, 0.1) is 0 Å². The molecule has 6 heteroatoms. The molecule has 28 heavy (non-hydrogen) atoms. The summed E-state index contributed by atoms with van der Waals surface area (Å²) in [6.45, 7) is 2.87. The number of anilines is 1. The Kier molecular flexibility index (Phi) is 5.30. The molecule has 5 nitrogen and oxygen atoms in total. The van der Waals surface area contributed by atoms with E-state index in [2.05, 4.69) is 9.97 Å². The Bertz CT molecular complexity index is 1040. The van der Waals surface area contributed by atoms with Crippen molar-refractivity contribution in [3.8, 4) is 5.75 Å². The van der Waals surface area contributed by atoms with Crippen LogP contribution in [-0.4, -0.2) is 22.5 Å². The van der Waals surface area contributed by atoms with Gasteiger partial charge in [0.05, 0.1) is 29.1 Å². The van der Waals surface area contributed by atoms with Crippen molar-refractivity contribution in [2.24, 2.45) is 0 Å². The Hall–Kier alpha value is -3.25. The summed E-state index contributed by atoms with van der Waals surface area (Å²) in [6.07, 6.45) is 1.73. The fourth-order valence-electron chi connectivity index (χ4n) is 2.87. The van der Waals surface area contributed by atoms with Crippen LogP contribution in [0.2, 0.25) is 0 Å². The normalized spacial score (nSPS) is 10.8. The number of carbonyl (C=O) groups is 1. The minimum atomic E-state index is -0.118. The number of carbonyl (C=O) groups excluding carboxylic acids is 1. The van der Waals surface area contributed by atoms with E-state index in [9.17, 15) is 4.79 Å². The molecule has 1 amide bonds. The van der Waals surface area contributed by atoms with Gasteiger partial charge in [0.1, 0.15) is 5.75 Å². The second-order valence-electron chi connectivity index (χ2n) is 6.13. The Balaban J connectivity index is 1.70. The number of hydrogen-bond donors (Lipinski definition) is 0. The molecule has 0 saturated heterocycles. The van der Waals surface area contributed by atoms with Crippen molar-refractivity contribution in [2.45, 2.75) is 13.5 Å². The van der Waals surface area contributed by atoms with Crippen LogP contribution in [-0.2, 0) is 6.54 Å². The highest BCUT2D eigenvalue weighted by atomic mass is 32.1. The summed E-state index contributed by atoms with van der Waals surface area (Å²) in [5, 5.41) is 0.658. The number of pyridine rings is 1. The average Bonchev–Trinajstić information content (AvgIpc) is 3.17. The summed E-state index contributed by atoms with van der Waals surface area (Å²) in [7, 11) is 0. The van der Waals surface area contributed by atoms with Crippen molar-refractivity contribution >= 4 is 32.6 Å². The zero-order valence-corrected chi connectivity index (χ0v) is 16.2. The lowest BCUT2D eigenvalue weighted by molar-refractivity contribution is 0.0985. The maximum atomic E-state index is 13.3. The molecule has 2 aromatic carbocycles. The molecular formula is C22H19N3O2S. The average molecular weight is 389 g/mol. The number of nitrogens with zero attached hydrogens (tertiary/aromatic N) is 3. The SMILES string of the molecule is CCOc1ccc(C(=O)N(Cc2ccccn2)c2nc3ccccc3s2)cc1. The number of fused-ring (bicyclic) bond motifs is 1. The second-order valence-corrected chi connectivity index (χ2v) is 7.14. The lowest BCUT2D eigenvalue weighted by atomic mass is 10.2. The molecule has 4 aromatic rings. The molecule has 4 rings (SSSR count). The van der Waals surface area contributed by atoms with E-state index in [4.69, 9.17) is 4.74 Å². The zero-order chi connectivity index (χ0) is 19.3. The van der Waals surface area contributed by atoms with Crippen LogP contribution in [0.5, 0.6) is 5.75 Å². The van der Waals surface area contributed by atoms with E-state index in [-0.39, 0.29) is 5.91 Å². The molecule has 0 spiro atoms. The Labute approximate surface area is 167 Å². The quantitative estimate of drug-likeness (QED) is 0.469. The van der Waals surface area contributed by atoms with Gasteiger partial charge in [-0.15, -0.1) is 0 Å². The smallest absolute Gasteiger partial charge is 0.260 e. The second kappa shape index (κ2) is 8.19. The molecule has 0 radical (unpaired) electrons. The Morgan fingerprint density at radius 2 is 1.82 bits per heavy atom. The minimum absolute atomic E-state index is 0.118. The lowest BCUT2D eigenvalue weighted by Gasteiger charge is -2.19. The number of amides is 1. The van der Waals surface area contributed by atoms with E-state index in [1.54, 1.807) is 23.2 Å². The third-order valence-corrected chi connectivity index (χ3v) is 5.28. The van der Waals surface area contributed by atoms with Crippen LogP contribution in [0.1, 0.15) is 23.0 Å². The summed E-state index contributed by atoms with van der Waals surface area (Å²) in [6, 6.07) is 20.8. The largest absolute Gasteiger partial charge is 0.494 e. The molecule has 0 bridgehead atoms. The van der Waals surface area contributed by atoms with Gasteiger partial charge in [-0.3, -0.25) is 14.7 Å². The molecule has 2 heterocycles. The van der Waals surface area contributed by atoms with Gasteiger partial charge >= 0.3 is 0 Å². The summed E-state index contributed by atoms with van der Waals surface area (Å²) in [4.78, 5) is 24.1. The van der Waals surface area contributed by atoms with Crippen LogP contribution < -0.4 is 9.64 Å². The van der Waals surface area contributed by atoms with Crippen molar-refractivity contribution in [3.05, 3.63) is 84.2 Å². The topological polar surface area (TPSA) is 55.3 Å². The van der Waals surface area contributed by atoms with Crippen LogP contribution in [0.15, 0.2) is 72.9 Å². The van der Waals surface area contributed by atoms with Crippen LogP contribution in [0.3, 0.4) is 0 Å². The molecular weight excluding hydrogens is 370 g/mol. The fourth-order valence-corrected chi connectivity index (χ4v) is 3.83. The lowest BCUT2D eigenvalue weighted by Crippen LogP contribution is -2.30. The number of hydrogen-bond acceptors (Lipinski definition) is 5. The predicted octanol–water partition coefficient (Wildman–Crippen LogP) is 4.94. The van der Waals surface area contributed by atoms with Gasteiger partial charge in [-0.25, -0.2) is 4.98 Å². The highest BCUT2D eigenvalue weighted by Crippen LogP contribution is 2.30. The standard InChI is InChI=1S/C22H19N3O2S/c1-2-27-18-12-10-16(11-13-18)21(26)25(15-17-7-5-6-14-23-17)22-24-19-8-3-4-9-20(19)28-22/h3-14H,2,15H2,1H3. The van der Waals surface area contributed by atoms with E-state index in [1.807, 2.05) is 61.5 Å². The third kappa shape index (κ3) is 3.87. The third-order valence-electron chi connectivity index (χ3n) is 4.22. The number of para-hydroxylation sites is 1. The predicted molar refractivity (Wildman–Crippen MR) is 112 cm³/mol. The highest BCUT2D eigenvalue weighted by molar-refractivity contribution is 7.22. The molecule has 0 aliphatic rings. The summed E-state index contributed by atoms with van der Waals surface area (Å²) in [5.41, 5.74) is 2.27. The molecule has 140 valence electrons. The minimum Gasteiger partial charge on any atom is -0.494 e. The number of thiazole rings is 1. The van der Waals surface area contributed by atoms with Crippen LogP contribution >= 0.6 is 11.3 Å². The van der Waals surface area contributed by atoms with Crippen molar-refractivity contribution < 1.29 is 9.53 Å². The molecule has 0 fully saturated rings. The molecule has 0 unspecified atom stereocenters. The molecule has 2 aromatic heterocycles.